The summed E-state index contributed by atoms with van der Waals surface area (Å²) < 4.78 is 31.9. The molecule has 0 aliphatic heterocycles. The van der Waals surface area contributed by atoms with E-state index in [1.807, 2.05) is 0 Å². The van der Waals surface area contributed by atoms with Crippen molar-refractivity contribution in [2.24, 2.45) is 0 Å². The summed E-state index contributed by atoms with van der Waals surface area (Å²) in [4.78, 5) is 7.25. The van der Waals surface area contributed by atoms with Gasteiger partial charge in [0.05, 0.1) is 24.7 Å². The van der Waals surface area contributed by atoms with E-state index in [4.69, 9.17) is 16.3 Å². The third-order valence-electron chi connectivity index (χ3n) is 2.47. The Morgan fingerprint density at radius 2 is 1.90 bits per heavy atom. The zero-order valence-electron chi connectivity index (χ0n) is 10.6. The molecule has 1 aromatic carbocycles. The normalized spacial score (nSPS) is 11.3. The van der Waals surface area contributed by atoms with Crippen LogP contribution in [0.5, 0.6) is 0 Å². The van der Waals surface area contributed by atoms with Gasteiger partial charge in [0.25, 0.3) is 10.0 Å². The number of nitrogens with one attached hydrogen (secondary N) is 1. The van der Waals surface area contributed by atoms with Crippen molar-refractivity contribution in [1.29, 1.82) is 0 Å². The first-order chi connectivity index (χ1) is 9.53. The van der Waals surface area contributed by atoms with Crippen LogP contribution in [0.15, 0.2) is 41.6 Å². The van der Waals surface area contributed by atoms with Crippen LogP contribution in [-0.4, -0.2) is 25.5 Å². The minimum absolute atomic E-state index is 0.0104. The number of para-hydroxylation sites is 1. The van der Waals surface area contributed by atoms with Crippen LogP contribution in [0.2, 0.25) is 5.28 Å². The molecule has 0 aliphatic rings. The maximum Gasteiger partial charge on any atom is 0.264 e. The number of nitrogens with zero attached hydrogens (tertiary/aromatic N) is 2. The lowest BCUT2D eigenvalue weighted by molar-refractivity contribution is 0.185. The Kier molecular flexibility index (Phi) is 4.53. The second-order valence-corrected chi connectivity index (χ2v) is 5.90. The van der Waals surface area contributed by atoms with E-state index < -0.39 is 10.0 Å². The molecule has 1 N–H and O–H groups in total. The van der Waals surface area contributed by atoms with Crippen molar-refractivity contribution in [3.8, 4) is 0 Å². The molecular formula is C12H12ClN3O3S. The van der Waals surface area contributed by atoms with Gasteiger partial charge in [-0.2, -0.15) is 0 Å². The second kappa shape index (κ2) is 6.17. The maximum absolute atomic E-state index is 12.2. The van der Waals surface area contributed by atoms with Crippen molar-refractivity contribution in [1.82, 2.24) is 9.97 Å². The van der Waals surface area contributed by atoms with Crippen LogP contribution in [0.25, 0.3) is 0 Å². The average Bonchev–Trinajstić information content (AvgIpc) is 2.41. The smallest absolute Gasteiger partial charge is 0.264 e. The number of aromatic nitrogens is 2. The fourth-order valence-corrected chi connectivity index (χ4v) is 2.63. The number of methoxy groups -OCH3 is 1. The van der Waals surface area contributed by atoms with Crippen molar-refractivity contribution in [2.45, 2.75) is 11.5 Å². The van der Waals surface area contributed by atoms with Crippen LogP contribution in [0.4, 0.5) is 5.69 Å². The summed E-state index contributed by atoms with van der Waals surface area (Å²) in [7, 11) is -2.22. The van der Waals surface area contributed by atoms with Crippen LogP contribution >= 0.6 is 11.6 Å². The Morgan fingerprint density at radius 1 is 1.25 bits per heavy atom. The molecule has 0 spiro atoms. The molecule has 2 aromatic rings. The summed E-state index contributed by atoms with van der Waals surface area (Å²) in [5, 5.41) is -0.0104. The molecule has 2 rings (SSSR count). The summed E-state index contributed by atoms with van der Waals surface area (Å²) in [6.45, 7) is 0.301. The fourth-order valence-electron chi connectivity index (χ4n) is 1.54. The van der Waals surface area contributed by atoms with E-state index in [-0.39, 0.29) is 10.2 Å². The van der Waals surface area contributed by atoms with Gasteiger partial charge in [-0.15, -0.1) is 0 Å². The third kappa shape index (κ3) is 3.44. The van der Waals surface area contributed by atoms with Crippen molar-refractivity contribution in [3.63, 3.8) is 0 Å². The number of rotatable bonds is 5. The Balaban J connectivity index is 2.31. The Labute approximate surface area is 121 Å². The predicted molar refractivity (Wildman–Crippen MR) is 75.0 cm³/mol. The van der Waals surface area contributed by atoms with E-state index in [1.54, 1.807) is 24.3 Å². The molecular weight excluding hydrogens is 302 g/mol. The highest BCUT2D eigenvalue weighted by Gasteiger charge is 2.16. The van der Waals surface area contributed by atoms with Crippen LogP contribution in [0, 0.1) is 0 Å². The first kappa shape index (κ1) is 14.7. The number of ether oxygens (including phenoxy) is 1. The maximum atomic E-state index is 12.2. The van der Waals surface area contributed by atoms with Crippen LogP contribution in [0.1, 0.15) is 5.56 Å². The van der Waals surface area contributed by atoms with E-state index in [1.165, 1.54) is 7.11 Å². The summed E-state index contributed by atoms with van der Waals surface area (Å²) in [6, 6.07) is 6.97. The first-order valence-corrected chi connectivity index (χ1v) is 7.46. The number of sulfonamides is 1. The minimum Gasteiger partial charge on any atom is -0.380 e. The van der Waals surface area contributed by atoms with Gasteiger partial charge in [-0.1, -0.05) is 18.2 Å². The molecule has 0 unspecified atom stereocenters. The number of hydrogen-bond acceptors (Lipinski definition) is 5. The van der Waals surface area contributed by atoms with Gasteiger partial charge in [0, 0.05) is 12.7 Å². The highest BCUT2D eigenvalue weighted by atomic mass is 35.5. The highest BCUT2D eigenvalue weighted by molar-refractivity contribution is 7.92. The Morgan fingerprint density at radius 3 is 2.55 bits per heavy atom. The van der Waals surface area contributed by atoms with Gasteiger partial charge in [0.2, 0.25) is 5.28 Å². The SMILES string of the molecule is COCc1ccccc1NS(=O)(=O)c1cnc(Cl)nc1. The number of halogens is 1. The molecule has 0 atom stereocenters. The van der Waals surface area contributed by atoms with Crippen LogP contribution < -0.4 is 4.72 Å². The molecule has 6 nitrogen and oxygen atoms in total. The summed E-state index contributed by atoms with van der Waals surface area (Å²) in [6.07, 6.45) is 2.30. The van der Waals surface area contributed by atoms with Gasteiger partial charge in [-0.05, 0) is 17.7 Å². The zero-order valence-corrected chi connectivity index (χ0v) is 12.1. The summed E-state index contributed by atoms with van der Waals surface area (Å²) >= 11 is 5.53. The number of anilines is 1. The first-order valence-electron chi connectivity index (χ1n) is 5.60. The summed E-state index contributed by atoms with van der Waals surface area (Å²) in [5.74, 6) is 0. The van der Waals surface area contributed by atoms with Gasteiger partial charge in [0.15, 0.2) is 0 Å². The predicted octanol–water partition coefficient (Wildman–Crippen LogP) is 2.08. The lowest BCUT2D eigenvalue weighted by atomic mass is 10.2. The van der Waals surface area contributed by atoms with E-state index in [2.05, 4.69) is 14.7 Å². The second-order valence-electron chi connectivity index (χ2n) is 3.88. The Bertz CT molecular complexity index is 689. The molecule has 0 aliphatic carbocycles. The van der Waals surface area contributed by atoms with Crippen LogP contribution in [0.3, 0.4) is 0 Å². The van der Waals surface area contributed by atoms with Crippen molar-refractivity contribution in [2.75, 3.05) is 11.8 Å². The summed E-state index contributed by atoms with van der Waals surface area (Å²) in [5.41, 5.74) is 1.18. The van der Waals surface area contributed by atoms with E-state index >= 15 is 0 Å². The molecule has 0 saturated carbocycles. The lowest BCUT2D eigenvalue weighted by Crippen LogP contribution is -2.15. The largest absolute Gasteiger partial charge is 0.380 e. The average molecular weight is 314 g/mol. The molecule has 1 heterocycles. The van der Waals surface area contributed by atoms with E-state index in [9.17, 15) is 8.42 Å². The van der Waals surface area contributed by atoms with Gasteiger partial charge in [-0.3, -0.25) is 4.72 Å². The number of benzene rings is 1. The van der Waals surface area contributed by atoms with E-state index in [0.717, 1.165) is 18.0 Å². The lowest BCUT2D eigenvalue weighted by Gasteiger charge is -2.11. The van der Waals surface area contributed by atoms with Gasteiger partial charge in [-0.25, -0.2) is 18.4 Å². The molecule has 0 bridgehead atoms. The van der Waals surface area contributed by atoms with Crippen molar-refractivity contribution >= 4 is 27.3 Å². The molecule has 106 valence electrons. The zero-order chi connectivity index (χ0) is 14.6. The van der Waals surface area contributed by atoms with Crippen LogP contribution in [-0.2, 0) is 21.4 Å². The van der Waals surface area contributed by atoms with Gasteiger partial charge >= 0.3 is 0 Å². The van der Waals surface area contributed by atoms with Crippen molar-refractivity contribution < 1.29 is 13.2 Å². The monoisotopic (exact) mass is 313 g/mol. The molecule has 8 heteroatoms. The molecule has 1 aromatic heterocycles. The fraction of sp³-hybridized carbons (Fsp3) is 0.167. The van der Waals surface area contributed by atoms with Gasteiger partial charge < -0.3 is 4.74 Å². The van der Waals surface area contributed by atoms with E-state index in [0.29, 0.717) is 12.3 Å². The van der Waals surface area contributed by atoms with Gasteiger partial charge in [0.1, 0.15) is 4.90 Å². The van der Waals surface area contributed by atoms with Crippen molar-refractivity contribution in [3.05, 3.63) is 47.5 Å². The quantitative estimate of drug-likeness (QED) is 0.855. The molecule has 0 amide bonds. The minimum atomic E-state index is -3.76. The third-order valence-corrected chi connectivity index (χ3v) is 3.98. The molecule has 20 heavy (non-hydrogen) atoms. The Hall–Kier alpha value is -1.70. The topological polar surface area (TPSA) is 81.2 Å². The molecule has 0 radical (unpaired) electrons. The molecule has 0 fully saturated rings. The number of hydrogen-bond donors (Lipinski definition) is 1. The molecule has 0 saturated heterocycles. The highest BCUT2D eigenvalue weighted by Crippen LogP contribution is 2.20. The standard InChI is InChI=1S/C12H12ClN3O3S/c1-19-8-9-4-2-3-5-11(9)16-20(17,18)10-6-14-12(13)15-7-10/h2-7,16H,8H2,1H3.